The largest absolute Gasteiger partial charge is 1.00 e. The molecule has 0 aliphatic heterocycles. The Bertz CT molecular complexity index is 5690. The van der Waals surface area contributed by atoms with Gasteiger partial charge in [-0.3, -0.25) is 4.79 Å². The molecular formula is C105H82BrLiN2O2. The van der Waals surface area contributed by atoms with Gasteiger partial charge < -0.3 is 21.8 Å². The average Bonchev–Trinajstić information content (AvgIpc) is 1.55. The van der Waals surface area contributed by atoms with E-state index in [1.165, 1.54) is 62.1 Å². The van der Waals surface area contributed by atoms with E-state index < -0.39 is 16.4 Å². The summed E-state index contributed by atoms with van der Waals surface area (Å²) >= 11 is 3.64. The van der Waals surface area contributed by atoms with Crippen molar-refractivity contribution >= 4 is 55.8 Å². The second kappa shape index (κ2) is 32.2. The molecule has 4 aliphatic rings. The van der Waals surface area contributed by atoms with Gasteiger partial charge in [-0.05, 0) is 179 Å². The molecule has 1 N–H and O–H groups in total. The van der Waals surface area contributed by atoms with E-state index in [1.54, 1.807) is 0 Å². The van der Waals surface area contributed by atoms with E-state index >= 15 is 0 Å². The van der Waals surface area contributed by atoms with Crippen LogP contribution in [-0.4, -0.2) is 10.9 Å². The number of hydrogen-bond acceptors (Lipinski definition) is 4. The molecule has 4 aliphatic carbocycles. The van der Waals surface area contributed by atoms with Gasteiger partial charge in [0.25, 0.3) is 0 Å². The molecule has 532 valence electrons. The second-order valence-corrected chi connectivity index (χ2v) is 28.7. The van der Waals surface area contributed by atoms with Gasteiger partial charge in [0, 0.05) is 55.3 Å². The van der Waals surface area contributed by atoms with Crippen molar-refractivity contribution in [2.45, 2.75) is 43.6 Å². The van der Waals surface area contributed by atoms with E-state index in [-0.39, 0.29) is 32.1 Å². The molecule has 16 aromatic rings. The van der Waals surface area contributed by atoms with Crippen molar-refractivity contribution in [3.05, 3.63) is 496 Å². The third kappa shape index (κ3) is 12.8. The summed E-state index contributed by atoms with van der Waals surface area (Å²) in [6.07, 6.45) is 2.28. The molecule has 111 heavy (non-hydrogen) atoms. The summed E-state index contributed by atoms with van der Waals surface area (Å²) in [4.78, 5) is 17.8. The number of rotatable bonds is 10. The predicted molar refractivity (Wildman–Crippen MR) is 461 cm³/mol. The Morgan fingerprint density at radius 3 is 0.802 bits per heavy atom. The molecule has 0 heterocycles. The smallest absolute Gasteiger partial charge is 0.376 e. The topological polar surface area (TPSA) is 43.8 Å². The molecule has 20 rings (SSSR count). The van der Waals surface area contributed by atoms with E-state index in [0.29, 0.717) is 0 Å². The van der Waals surface area contributed by atoms with Crippen LogP contribution in [0.4, 0.5) is 34.1 Å². The summed E-state index contributed by atoms with van der Waals surface area (Å²) in [6.45, 7) is 5.72. The van der Waals surface area contributed by atoms with Crippen molar-refractivity contribution in [1.82, 2.24) is 0 Å². The molecule has 6 heteroatoms. The molecule has 0 atom stereocenters. The van der Waals surface area contributed by atoms with Crippen LogP contribution in [0, 0.1) is 6.92 Å². The van der Waals surface area contributed by atoms with Crippen LogP contribution in [0.2, 0.25) is 0 Å². The van der Waals surface area contributed by atoms with Crippen molar-refractivity contribution in [3.63, 3.8) is 0 Å². The number of unbranched alkanes of at least 4 members (excludes halogenated alkanes) is 1. The van der Waals surface area contributed by atoms with Crippen LogP contribution in [0.3, 0.4) is 0 Å². The summed E-state index contributed by atoms with van der Waals surface area (Å²) in [5.74, 6) is 0.119. The van der Waals surface area contributed by atoms with Crippen molar-refractivity contribution in [2.75, 3.05) is 9.80 Å². The zero-order chi connectivity index (χ0) is 73.9. The van der Waals surface area contributed by atoms with Crippen molar-refractivity contribution < 1.29 is 28.8 Å². The molecule has 4 nitrogen and oxygen atoms in total. The molecule has 0 amide bonds. The molecule has 0 unspecified atom stereocenters. The molecule has 0 saturated heterocycles. The summed E-state index contributed by atoms with van der Waals surface area (Å²) in [6, 6.07) is 144. The Kier molecular flexibility index (Phi) is 21.5. The minimum atomic E-state index is -1.42. The zero-order valence-corrected chi connectivity index (χ0v) is 63.1. The fourth-order valence-electron chi connectivity index (χ4n) is 17.3. The van der Waals surface area contributed by atoms with Crippen LogP contribution in [0.15, 0.2) is 417 Å². The fraction of sp³-hybridized carbons (Fsp3) is 0.0667. The molecule has 0 radical (unpaired) electrons. The maximum absolute atomic E-state index is 13.7. The number of carbonyl (C=O) groups excluding carboxylic acids is 1. The van der Waals surface area contributed by atoms with Gasteiger partial charge in [0.15, 0.2) is 5.78 Å². The molecule has 0 saturated carbocycles. The van der Waals surface area contributed by atoms with Gasteiger partial charge in [-0.15, -0.1) is 0 Å². The van der Waals surface area contributed by atoms with Crippen molar-refractivity contribution in [3.8, 4) is 44.5 Å². The number of hydrogen-bond donors (Lipinski definition) is 1. The average molecular weight is 1490 g/mol. The number of aliphatic hydroxyl groups is 1. The zero-order valence-electron chi connectivity index (χ0n) is 61.5. The van der Waals surface area contributed by atoms with E-state index in [1.807, 2.05) is 72.8 Å². The normalized spacial score (nSPS) is 13.0. The van der Waals surface area contributed by atoms with E-state index in [9.17, 15) is 9.90 Å². The summed E-state index contributed by atoms with van der Waals surface area (Å²) < 4.78 is 1.11. The van der Waals surface area contributed by atoms with Crippen LogP contribution in [0.25, 0.3) is 44.5 Å². The molecular weight excluding hydrogens is 1410 g/mol. The minimum absolute atomic E-state index is 0. The molecule has 2 spiro atoms. The number of halogens is 1. The van der Waals surface area contributed by atoms with Gasteiger partial charge in [-0.25, -0.2) is 0 Å². The first-order valence-electron chi connectivity index (χ1n) is 37.5. The Morgan fingerprint density at radius 1 is 0.270 bits per heavy atom. The first-order valence-corrected chi connectivity index (χ1v) is 38.3. The third-order valence-electron chi connectivity index (χ3n) is 22.0. The Balaban J connectivity index is 0.000000139. The van der Waals surface area contributed by atoms with Crippen LogP contribution in [-0.2, 0) is 16.4 Å². The molecule has 0 bridgehead atoms. The van der Waals surface area contributed by atoms with Gasteiger partial charge in [-0.1, -0.05) is 370 Å². The third-order valence-corrected chi connectivity index (χ3v) is 22.7. The second-order valence-electron chi connectivity index (χ2n) is 27.9. The number of nitrogens with zero attached hydrogens (tertiary/aromatic N) is 2. The SMILES string of the molecule is Brc1ccccc1-c1ccc(N(c2ccccc2)c2ccccc2)cc1.C.O=C1c2ccccc2C2(c3ccccc31)c1ccccc1-c1ccccc12.OC1(c2ccccc2-c2ccc(N(c3ccccc3)c3ccccc3)cc2)c2ccccc2C2(c3ccccc3-c3ccccc32)c2ccccc21.[CH2-]CCC.[Li+]. The number of carbonyl (C=O) groups is 1. The van der Waals surface area contributed by atoms with Gasteiger partial charge in [-0.2, -0.15) is 6.42 Å². The maximum Gasteiger partial charge on any atom is 1.00 e. The van der Waals surface area contributed by atoms with E-state index in [4.69, 9.17) is 0 Å². The Morgan fingerprint density at radius 2 is 0.486 bits per heavy atom. The van der Waals surface area contributed by atoms with Crippen molar-refractivity contribution in [2.24, 2.45) is 0 Å². The number of para-hydroxylation sites is 4. The standard InChI is InChI=1S/C50H35NO.C26H16O.C24H18BrN.C4H9.CH4.Li/c52-50(44-26-12-7-21-39(44)35-31-33-38(34-32-35)51(36-17-3-1-4-18-36)37-19-5-2-6-20-37)47-29-15-13-27-45(47)49(46-28-14-16-30-48(46)50)42-24-10-8-22-40(42)41-23-9-11-25-43(41)49;27-25-19-11-3-7-15-23(19)26(24-16-8-4-12-20(24)25)21-13-5-1-9-17(21)18-10-2-6-14-22(18)26;25-24-14-8-7-13-23(24)19-15-17-22(18-16-19)26(20-9-3-1-4-10-20)21-11-5-2-6-12-21;1-3-4-2;;/h1-34,52H;1-16H;1-18H;1,3-4H2,2H3;1H4;/q;;;-1;;+1. The Labute approximate surface area is 673 Å². The molecule has 0 fully saturated rings. The number of anilines is 6. The summed E-state index contributed by atoms with van der Waals surface area (Å²) in [5, 5.41) is 13.7. The molecule has 0 aromatic heterocycles. The number of ketones is 1. The predicted octanol–water partition coefficient (Wildman–Crippen LogP) is 24.2. The van der Waals surface area contributed by atoms with E-state index in [0.717, 1.165) is 106 Å². The minimum Gasteiger partial charge on any atom is -0.376 e. The van der Waals surface area contributed by atoms with Gasteiger partial charge in [0.05, 0.1) is 10.8 Å². The monoisotopic (exact) mass is 1490 g/mol. The first kappa shape index (κ1) is 74.3. The maximum atomic E-state index is 13.7. The molecule has 16 aromatic carbocycles. The van der Waals surface area contributed by atoms with Crippen molar-refractivity contribution in [1.29, 1.82) is 0 Å². The number of fused-ring (bicyclic) bond motifs is 18. The van der Waals surface area contributed by atoms with Crippen LogP contribution >= 0.6 is 15.9 Å². The summed E-state index contributed by atoms with van der Waals surface area (Å²) in [7, 11) is 0. The number of benzene rings is 16. The van der Waals surface area contributed by atoms with E-state index in [2.05, 4.69) is 379 Å². The quantitative estimate of drug-likeness (QED) is 0.109. The van der Waals surface area contributed by atoms with Crippen LogP contribution in [0.5, 0.6) is 0 Å². The fourth-order valence-corrected chi connectivity index (χ4v) is 17.8. The van der Waals surface area contributed by atoms with Crippen LogP contribution < -0.4 is 28.7 Å². The first-order chi connectivity index (χ1) is 53.8. The Hall–Kier alpha value is -12.2. The van der Waals surface area contributed by atoms with Gasteiger partial charge in [0.1, 0.15) is 5.60 Å². The van der Waals surface area contributed by atoms with Crippen LogP contribution in [0.1, 0.15) is 104 Å². The van der Waals surface area contributed by atoms with Gasteiger partial charge in [0.2, 0.25) is 0 Å². The summed E-state index contributed by atoms with van der Waals surface area (Å²) in [5.41, 5.74) is 27.4. The van der Waals surface area contributed by atoms with Gasteiger partial charge >= 0.3 is 18.9 Å².